The van der Waals surface area contributed by atoms with Crippen LogP contribution in [-0.4, -0.2) is 45.3 Å². The summed E-state index contributed by atoms with van der Waals surface area (Å²) in [4.78, 5) is 12.5. The van der Waals surface area contributed by atoms with Crippen LogP contribution in [-0.2, 0) is 23.7 Å². The van der Waals surface area contributed by atoms with Gasteiger partial charge in [-0.2, -0.15) is 0 Å². The van der Waals surface area contributed by atoms with Gasteiger partial charge in [-0.25, -0.2) is 0 Å². The molecular formula is C15H24O5. The van der Waals surface area contributed by atoms with Gasteiger partial charge in [-0.1, -0.05) is 6.08 Å². The molecule has 114 valence electrons. The van der Waals surface area contributed by atoms with E-state index in [0.717, 1.165) is 25.7 Å². The first-order chi connectivity index (χ1) is 9.66. The molecular weight excluding hydrogens is 260 g/mol. The topological polar surface area (TPSA) is 54.0 Å². The van der Waals surface area contributed by atoms with Crippen LogP contribution < -0.4 is 0 Å². The summed E-state index contributed by atoms with van der Waals surface area (Å²) < 4.78 is 21.5. The van der Waals surface area contributed by atoms with Gasteiger partial charge in [0.1, 0.15) is 13.4 Å². The SMILES string of the molecule is C=CCC1(C(=O)COCOC)CCC2(CC1)OCCO2. The first-order valence-corrected chi connectivity index (χ1v) is 7.15. The van der Waals surface area contributed by atoms with Gasteiger partial charge in [-0.05, 0) is 19.3 Å². The lowest BCUT2D eigenvalue weighted by Crippen LogP contribution is -2.44. The van der Waals surface area contributed by atoms with Crippen molar-refractivity contribution in [1.82, 2.24) is 0 Å². The number of methoxy groups -OCH3 is 1. The summed E-state index contributed by atoms with van der Waals surface area (Å²) in [5, 5.41) is 0. The molecule has 1 saturated carbocycles. The molecule has 2 fully saturated rings. The molecule has 1 spiro atoms. The van der Waals surface area contributed by atoms with Crippen LogP contribution in [0.2, 0.25) is 0 Å². The highest BCUT2D eigenvalue weighted by Crippen LogP contribution is 2.47. The third kappa shape index (κ3) is 3.28. The minimum absolute atomic E-state index is 0.0936. The van der Waals surface area contributed by atoms with Gasteiger partial charge in [-0.15, -0.1) is 6.58 Å². The molecule has 20 heavy (non-hydrogen) atoms. The van der Waals surface area contributed by atoms with E-state index in [1.54, 1.807) is 7.11 Å². The van der Waals surface area contributed by atoms with Crippen LogP contribution in [0.3, 0.4) is 0 Å². The summed E-state index contributed by atoms with van der Waals surface area (Å²) in [5.74, 6) is -0.319. The minimum atomic E-state index is -0.446. The van der Waals surface area contributed by atoms with E-state index in [9.17, 15) is 4.79 Å². The van der Waals surface area contributed by atoms with Crippen LogP contribution in [0.25, 0.3) is 0 Å². The Bertz CT molecular complexity index is 336. The molecule has 1 heterocycles. The number of carbonyl (C=O) groups excluding carboxylic acids is 1. The molecule has 5 nitrogen and oxygen atoms in total. The van der Waals surface area contributed by atoms with Gasteiger partial charge in [0, 0.05) is 25.4 Å². The first-order valence-electron chi connectivity index (χ1n) is 7.15. The lowest BCUT2D eigenvalue weighted by atomic mass is 9.67. The summed E-state index contributed by atoms with van der Waals surface area (Å²) >= 11 is 0. The predicted molar refractivity (Wildman–Crippen MR) is 73.2 cm³/mol. The van der Waals surface area contributed by atoms with Crippen molar-refractivity contribution in [3.05, 3.63) is 12.7 Å². The molecule has 0 atom stereocenters. The van der Waals surface area contributed by atoms with Crippen molar-refractivity contribution in [2.45, 2.75) is 37.9 Å². The minimum Gasteiger partial charge on any atom is -0.359 e. The summed E-state index contributed by atoms with van der Waals surface area (Å²) in [6.07, 6.45) is 5.54. The molecule has 2 aliphatic rings. The molecule has 5 heteroatoms. The van der Waals surface area contributed by atoms with E-state index in [-0.39, 0.29) is 24.6 Å². The van der Waals surface area contributed by atoms with Crippen molar-refractivity contribution < 1.29 is 23.7 Å². The zero-order chi connectivity index (χ0) is 14.5. The van der Waals surface area contributed by atoms with Crippen LogP contribution in [0.15, 0.2) is 12.7 Å². The third-order valence-electron chi connectivity index (χ3n) is 4.34. The standard InChI is InChI=1S/C15H24O5/c1-3-4-14(13(16)11-18-12-17-2)5-7-15(8-6-14)19-9-10-20-15/h3H,1,4-12H2,2H3. The second-order valence-electron chi connectivity index (χ2n) is 5.56. The Morgan fingerprint density at radius 1 is 1.25 bits per heavy atom. The highest BCUT2D eigenvalue weighted by Gasteiger charge is 2.48. The summed E-state index contributed by atoms with van der Waals surface area (Å²) in [7, 11) is 1.54. The molecule has 0 amide bonds. The normalized spacial score (nSPS) is 23.9. The number of ether oxygens (including phenoxy) is 4. The monoisotopic (exact) mass is 284 g/mol. The van der Waals surface area contributed by atoms with Gasteiger partial charge in [0.15, 0.2) is 11.6 Å². The van der Waals surface area contributed by atoms with Crippen molar-refractivity contribution in [1.29, 1.82) is 0 Å². The maximum Gasteiger partial charge on any atom is 0.168 e. The molecule has 0 aromatic carbocycles. The Kier molecular flexibility index (Phi) is 5.32. The fourth-order valence-electron chi connectivity index (χ4n) is 3.14. The molecule has 2 rings (SSSR count). The van der Waals surface area contributed by atoms with Crippen LogP contribution in [0.1, 0.15) is 32.1 Å². The van der Waals surface area contributed by atoms with Crippen molar-refractivity contribution >= 4 is 5.78 Å². The summed E-state index contributed by atoms with van der Waals surface area (Å²) in [6, 6.07) is 0. The van der Waals surface area contributed by atoms with Crippen molar-refractivity contribution in [2.75, 3.05) is 33.7 Å². The lowest BCUT2D eigenvalue weighted by Gasteiger charge is -2.42. The largest absolute Gasteiger partial charge is 0.359 e. The second-order valence-corrected chi connectivity index (χ2v) is 5.56. The number of hydrogen-bond acceptors (Lipinski definition) is 5. The molecule has 0 unspecified atom stereocenters. The molecule has 0 radical (unpaired) electrons. The zero-order valence-corrected chi connectivity index (χ0v) is 12.2. The number of rotatable bonds is 7. The van der Waals surface area contributed by atoms with E-state index in [2.05, 4.69) is 6.58 Å². The molecule has 0 aromatic heterocycles. The van der Waals surface area contributed by atoms with Gasteiger partial charge in [0.25, 0.3) is 0 Å². The van der Waals surface area contributed by atoms with E-state index >= 15 is 0 Å². The van der Waals surface area contributed by atoms with Crippen LogP contribution in [0, 0.1) is 5.41 Å². The maximum atomic E-state index is 12.5. The fourth-order valence-corrected chi connectivity index (χ4v) is 3.14. The number of ketones is 1. The Morgan fingerprint density at radius 2 is 1.90 bits per heavy atom. The van der Waals surface area contributed by atoms with Crippen LogP contribution in [0.4, 0.5) is 0 Å². The quantitative estimate of drug-likeness (QED) is 0.407. The van der Waals surface area contributed by atoms with E-state index in [1.807, 2.05) is 6.08 Å². The number of carbonyl (C=O) groups is 1. The number of Topliss-reactive ketones (excluding diaryl/α,β-unsaturated/α-hetero) is 1. The highest BCUT2D eigenvalue weighted by molar-refractivity contribution is 5.86. The van der Waals surface area contributed by atoms with Crippen LogP contribution in [0.5, 0.6) is 0 Å². The third-order valence-corrected chi connectivity index (χ3v) is 4.34. The van der Waals surface area contributed by atoms with Gasteiger partial charge >= 0.3 is 0 Å². The average molecular weight is 284 g/mol. The zero-order valence-electron chi connectivity index (χ0n) is 12.2. The highest BCUT2D eigenvalue weighted by atomic mass is 16.7. The van der Waals surface area contributed by atoms with Crippen molar-refractivity contribution in [2.24, 2.45) is 5.41 Å². The van der Waals surface area contributed by atoms with Crippen molar-refractivity contribution in [3.8, 4) is 0 Å². The fraction of sp³-hybridized carbons (Fsp3) is 0.800. The van der Waals surface area contributed by atoms with Gasteiger partial charge in [0.2, 0.25) is 0 Å². The molecule has 1 saturated heterocycles. The Balaban J connectivity index is 1.96. The first kappa shape index (κ1) is 15.6. The van der Waals surface area contributed by atoms with E-state index in [1.165, 1.54) is 0 Å². The molecule has 0 N–H and O–H groups in total. The maximum absolute atomic E-state index is 12.5. The predicted octanol–water partition coefficient (Wildman–Crippen LogP) is 2.06. The number of hydrogen-bond donors (Lipinski definition) is 0. The Labute approximate surface area is 120 Å². The number of allylic oxidation sites excluding steroid dienone is 1. The van der Waals surface area contributed by atoms with Gasteiger partial charge in [-0.3, -0.25) is 4.79 Å². The summed E-state index contributed by atoms with van der Waals surface area (Å²) in [5.41, 5.74) is -0.379. The Morgan fingerprint density at radius 3 is 2.45 bits per heavy atom. The van der Waals surface area contributed by atoms with Gasteiger partial charge < -0.3 is 18.9 Å². The van der Waals surface area contributed by atoms with E-state index in [4.69, 9.17) is 18.9 Å². The molecule has 0 bridgehead atoms. The molecule has 1 aliphatic heterocycles. The average Bonchev–Trinajstić information content (AvgIpc) is 2.91. The Hall–Kier alpha value is -0.750. The van der Waals surface area contributed by atoms with Crippen LogP contribution >= 0.6 is 0 Å². The molecule has 1 aliphatic carbocycles. The van der Waals surface area contributed by atoms with E-state index < -0.39 is 5.79 Å². The molecule has 0 aromatic rings. The summed E-state index contributed by atoms with van der Waals surface area (Å²) in [6.45, 7) is 5.33. The van der Waals surface area contributed by atoms with Crippen molar-refractivity contribution in [3.63, 3.8) is 0 Å². The second kappa shape index (κ2) is 6.80. The van der Waals surface area contributed by atoms with E-state index in [0.29, 0.717) is 19.6 Å². The lowest BCUT2D eigenvalue weighted by molar-refractivity contribution is -0.193. The van der Waals surface area contributed by atoms with Gasteiger partial charge in [0.05, 0.1) is 13.2 Å². The smallest absolute Gasteiger partial charge is 0.168 e.